The average Bonchev–Trinajstić information content (AvgIpc) is 3.31. The lowest BCUT2D eigenvalue weighted by Crippen LogP contribution is -2.36. The highest BCUT2D eigenvalue weighted by atomic mass is 19.1. The van der Waals surface area contributed by atoms with E-state index in [1.807, 2.05) is 56.2 Å². The minimum atomic E-state index is -0.369. The van der Waals surface area contributed by atoms with Gasteiger partial charge >= 0.3 is 0 Å². The molecule has 0 atom stereocenters. The molecule has 7 heteroatoms. The number of nitrogens with one attached hydrogen (secondary N) is 1. The van der Waals surface area contributed by atoms with Crippen molar-refractivity contribution >= 4 is 23.2 Å². The summed E-state index contributed by atoms with van der Waals surface area (Å²) < 4.78 is 13.4. The van der Waals surface area contributed by atoms with Crippen molar-refractivity contribution in [3.8, 4) is 0 Å². The number of carbonyl (C=O) groups excluding carboxylic acids is 2. The molecule has 0 radical (unpaired) electrons. The van der Waals surface area contributed by atoms with Crippen molar-refractivity contribution in [2.24, 2.45) is 5.92 Å². The highest BCUT2D eigenvalue weighted by Crippen LogP contribution is 2.28. The summed E-state index contributed by atoms with van der Waals surface area (Å²) in [5, 5.41) is 3.07. The standard InChI is InChI=1S/C26H35FN4O2/c1-29(2)15-16-31(26(33)20-9-11-22(27)12-10-20)18-21-17-23(13-14-24(21)30(3)4)28-25(32)19-7-5-6-8-19/h9-14,17,19H,5-8,15-16,18H2,1-4H3,(H,28,32). The molecule has 0 unspecified atom stereocenters. The van der Waals surface area contributed by atoms with Gasteiger partial charge in [-0.05, 0) is 75.0 Å². The first-order valence-electron chi connectivity index (χ1n) is 11.6. The molecule has 0 bridgehead atoms. The molecule has 1 saturated carbocycles. The van der Waals surface area contributed by atoms with Crippen LogP contribution in [0.15, 0.2) is 42.5 Å². The number of hydrogen-bond acceptors (Lipinski definition) is 4. The molecule has 0 saturated heterocycles. The Hall–Kier alpha value is -2.93. The number of halogens is 1. The maximum atomic E-state index is 13.4. The molecule has 3 rings (SSSR count). The third-order valence-electron chi connectivity index (χ3n) is 6.11. The van der Waals surface area contributed by atoms with Gasteiger partial charge in [0.05, 0.1) is 0 Å². The van der Waals surface area contributed by atoms with Crippen LogP contribution in [0.4, 0.5) is 15.8 Å². The Balaban J connectivity index is 1.86. The van der Waals surface area contributed by atoms with Gasteiger partial charge in [-0.3, -0.25) is 9.59 Å². The van der Waals surface area contributed by atoms with Crippen LogP contribution in [0, 0.1) is 11.7 Å². The lowest BCUT2D eigenvalue weighted by molar-refractivity contribution is -0.119. The Morgan fingerprint density at radius 2 is 1.64 bits per heavy atom. The number of carbonyl (C=O) groups is 2. The van der Waals surface area contributed by atoms with Gasteiger partial charge in [0.2, 0.25) is 5.91 Å². The van der Waals surface area contributed by atoms with Crippen LogP contribution < -0.4 is 10.2 Å². The van der Waals surface area contributed by atoms with Gasteiger partial charge < -0.3 is 20.0 Å². The van der Waals surface area contributed by atoms with Gasteiger partial charge in [0.15, 0.2) is 0 Å². The monoisotopic (exact) mass is 454 g/mol. The van der Waals surface area contributed by atoms with Crippen molar-refractivity contribution in [3.63, 3.8) is 0 Å². The van der Waals surface area contributed by atoms with Crippen molar-refractivity contribution in [2.45, 2.75) is 32.2 Å². The molecule has 1 N–H and O–H groups in total. The molecule has 0 heterocycles. The van der Waals surface area contributed by atoms with E-state index in [0.29, 0.717) is 25.2 Å². The highest BCUT2D eigenvalue weighted by Gasteiger charge is 2.23. The minimum absolute atomic E-state index is 0.0721. The van der Waals surface area contributed by atoms with Crippen LogP contribution >= 0.6 is 0 Å². The Kier molecular flexibility index (Phi) is 8.44. The molecule has 0 aromatic heterocycles. The first-order valence-corrected chi connectivity index (χ1v) is 11.6. The predicted octanol–water partition coefficient (Wildman–Crippen LogP) is 4.22. The number of amides is 2. The zero-order chi connectivity index (χ0) is 24.0. The van der Waals surface area contributed by atoms with Gasteiger partial charge in [-0.25, -0.2) is 4.39 Å². The van der Waals surface area contributed by atoms with Crippen LogP contribution in [-0.4, -0.2) is 62.9 Å². The van der Waals surface area contributed by atoms with Crippen LogP contribution in [0.2, 0.25) is 0 Å². The summed E-state index contributed by atoms with van der Waals surface area (Å²) >= 11 is 0. The van der Waals surface area contributed by atoms with Crippen molar-refractivity contribution < 1.29 is 14.0 Å². The van der Waals surface area contributed by atoms with E-state index in [9.17, 15) is 14.0 Å². The fourth-order valence-corrected chi connectivity index (χ4v) is 4.21. The summed E-state index contributed by atoms with van der Waals surface area (Å²) in [6, 6.07) is 11.5. The maximum Gasteiger partial charge on any atom is 0.254 e. The van der Waals surface area contributed by atoms with E-state index in [1.54, 1.807) is 4.90 Å². The summed E-state index contributed by atoms with van der Waals surface area (Å²) in [7, 11) is 7.85. The van der Waals surface area contributed by atoms with Gasteiger partial charge in [-0.1, -0.05) is 12.8 Å². The Bertz CT molecular complexity index is 953. The van der Waals surface area contributed by atoms with E-state index in [2.05, 4.69) is 5.32 Å². The van der Waals surface area contributed by atoms with Crippen LogP contribution in [0.1, 0.15) is 41.6 Å². The van der Waals surface area contributed by atoms with E-state index in [-0.39, 0.29) is 23.5 Å². The second-order valence-electron chi connectivity index (χ2n) is 9.25. The fourth-order valence-electron chi connectivity index (χ4n) is 4.21. The van der Waals surface area contributed by atoms with Crippen LogP contribution in [0.3, 0.4) is 0 Å². The van der Waals surface area contributed by atoms with Gasteiger partial charge in [-0.2, -0.15) is 0 Å². The first kappa shape index (κ1) is 24.7. The Morgan fingerprint density at radius 3 is 2.24 bits per heavy atom. The predicted molar refractivity (Wildman–Crippen MR) is 131 cm³/mol. The maximum absolute atomic E-state index is 13.4. The largest absolute Gasteiger partial charge is 0.377 e. The number of hydrogen-bond donors (Lipinski definition) is 1. The molecule has 33 heavy (non-hydrogen) atoms. The lowest BCUT2D eigenvalue weighted by Gasteiger charge is -2.27. The Labute approximate surface area is 196 Å². The second kappa shape index (κ2) is 11.3. The third-order valence-corrected chi connectivity index (χ3v) is 6.11. The zero-order valence-corrected chi connectivity index (χ0v) is 20.1. The fraction of sp³-hybridized carbons (Fsp3) is 0.462. The van der Waals surface area contributed by atoms with Gasteiger partial charge in [-0.15, -0.1) is 0 Å². The topological polar surface area (TPSA) is 55.9 Å². The summed E-state index contributed by atoms with van der Waals surface area (Å²) in [5.41, 5.74) is 3.12. The molecule has 1 aliphatic rings. The van der Waals surface area contributed by atoms with Crippen LogP contribution in [0.5, 0.6) is 0 Å². The molecule has 1 fully saturated rings. The summed E-state index contributed by atoms with van der Waals surface area (Å²) in [4.78, 5) is 31.7. The van der Waals surface area contributed by atoms with E-state index in [0.717, 1.165) is 42.6 Å². The number of nitrogens with zero attached hydrogens (tertiary/aromatic N) is 3. The minimum Gasteiger partial charge on any atom is -0.377 e. The molecular weight excluding hydrogens is 419 g/mol. The van der Waals surface area contributed by atoms with E-state index in [4.69, 9.17) is 0 Å². The molecule has 178 valence electrons. The van der Waals surface area contributed by atoms with Crippen molar-refractivity contribution in [2.75, 3.05) is 51.5 Å². The summed E-state index contributed by atoms with van der Waals surface area (Å²) in [6.07, 6.45) is 4.10. The summed E-state index contributed by atoms with van der Waals surface area (Å²) in [6.45, 7) is 1.60. The molecule has 0 spiro atoms. The molecule has 0 aliphatic heterocycles. The smallest absolute Gasteiger partial charge is 0.254 e. The molecular formula is C26H35FN4O2. The van der Waals surface area contributed by atoms with Gasteiger partial charge in [0.1, 0.15) is 5.82 Å². The van der Waals surface area contributed by atoms with Gasteiger partial charge in [0.25, 0.3) is 5.91 Å². The SMILES string of the molecule is CN(C)CCN(Cc1cc(NC(=O)C2CCCC2)ccc1N(C)C)C(=O)c1ccc(F)cc1. The first-order chi connectivity index (χ1) is 15.7. The zero-order valence-electron chi connectivity index (χ0n) is 20.1. The number of benzene rings is 2. The van der Waals surface area contributed by atoms with E-state index in [1.165, 1.54) is 24.3 Å². The number of anilines is 2. The van der Waals surface area contributed by atoms with Gasteiger partial charge in [0, 0.05) is 56.6 Å². The average molecular weight is 455 g/mol. The van der Waals surface area contributed by atoms with Crippen LogP contribution in [-0.2, 0) is 11.3 Å². The van der Waals surface area contributed by atoms with E-state index >= 15 is 0 Å². The quantitative estimate of drug-likeness (QED) is 0.616. The number of likely N-dealkylation sites (N-methyl/N-ethyl adjacent to an activating group) is 1. The molecule has 6 nitrogen and oxygen atoms in total. The van der Waals surface area contributed by atoms with E-state index < -0.39 is 0 Å². The molecule has 2 aromatic rings. The Morgan fingerprint density at radius 1 is 0.970 bits per heavy atom. The highest BCUT2D eigenvalue weighted by molar-refractivity contribution is 5.95. The van der Waals surface area contributed by atoms with Crippen molar-refractivity contribution in [3.05, 3.63) is 59.4 Å². The second-order valence-corrected chi connectivity index (χ2v) is 9.25. The van der Waals surface area contributed by atoms with Crippen molar-refractivity contribution in [1.82, 2.24) is 9.80 Å². The molecule has 2 aromatic carbocycles. The molecule has 1 aliphatic carbocycles. The normalized spacial score (nSPS) is 13.9. The third kappa shape index (κ3) is 6.78. The van der Waals surface area contributed by atoms with Crippen molar-refractivity contribution in [1.29, 1.82) is 0 Å². The molecule has 2 amide bonds. The van der Waals surface area contributed by atoms with Crippen LogP contribution in [0.25, 0.3) is 0 Å². The number of rotatable bonds is 9. The summed E-state index contributed by atoms with van der Waals surface area (Å²) in [5.74, 6) is -0.365. The lowest BCUT2D eigenvalue weighted by atomic mass is 10.1.